The second-order valence-electron chi connectivity index (χ2n) is 4.23. The minimum atomic E-state index is -2.78. The van der Waals surface area contributed by atoms with Crippen LogP contribution in [0.4, 0.5) is 0 Å². The molecule has 0 spiro atoms. The van der Waals surface area contributed by atoms with Gasteiger partial charge in [-0.3, -0.25) is 0 Å². The number of rotatable bonds is 5. The molecule has 0 radical (unpaired) electrons. The fourth-order valence-corrected chi connectivity index (χ4v) is 2.69. The molecule has 0 aliphatic carbocycles. The lowest BCUT2D eigenvalue weighted by Crippen LogP contribution is -2.54. The lowest BCUT2D eigenvalue weighted by molar-refractivity contribution is 0.145. The lowest BCUT2D eigenvalue weighted by atomic mass is 9.75. The molecule has 4 heteroatoms. The average Bonchev–Trinajstić information content (AvgIpc) is 1.92. The van der Waals surface area contributed by atoms with Gasteiger partial charge in [0, 0.05) is 19.3 Å². The molecule has 1 aliphatic heterocycles. The Balaban J connectivity index is 2.41. The summed E-state index contributed by atoms with van der Waals surface area (Å²) in [5.74, 6) is 0.342. The Labute approximate surface area is 80.8 Å². The minimum Gasteiger partial charge on any atom is -0.316 e. The third-order valence-electron chi connectivity index (χ3n) is 2.78. The summed E-state index contributed by atoms with van der Waals surface area (Å²) in [5.41, 5.74) is 0.290. The number of hydrogen-bond acceptors (Lipinski definition) is 3. The van der Waals surface area contributed by atoms with E-state index in [4.69, 9.17) is 0 Å². The highest BCUT2D eigenvalue weighted by atomic mass is 32.2. The van der Waals surface area contributed by atoms with Crippen LogP contribution in [0.2, 0.25) is 0 Å². The molecule has 13 heavy (non-hydrogen) atoms. The van der Waals surface area contributed by atoms with Gasteiger partial charge in [0.05, 0.1) is 5.75 Å². The molecule has 1 heterocycles. The summed E-state index contributed by atoms with van der Waals surface area (Å²) >= 11 is 0. The second-order valence-corrected chi connectivity index (χ2v) is 6.49. The molecule has 0 amide bonds. The number of sulfone groups is 1. The van der Waals surface area contributed by atoms with Gasteiger partial charge in [0.2, 0.25) is 0 Å². The minimum absolute atomic E-state index is 0.290. The number of hydrogen-bond donors (Lipinski definition) is 1. The van der Waals surface area contributed by atoms with Gasteiger partial charge in [0.15, 0.2) is 0 Å². The maximum absolute atomic E-state index is 11.0. The smallest absolute Gasteiger partial charge is 0.147 e. The van der Waals surface area contributed by atoms with Crippen LogP contribution in [-0.4, -0.2) is 33.5 Å². The standard InChI is InChI=1S/C9H19NO2S/c1-3-4-9(7-10-8-9)5-6-13(2,11)12/h10H,3-8H2,1-2H3. The van der Waals surface area contributed by atoms with E-state index in [9.17, 15) is 8.42 Å². The summed E-state index contributed by atoms with van der Waals surface area (Å²) < 4.78 is 22.0. The van der Waals surface area contributed by atoms with Gasteiger partial charge in [-0.25, -0.2) is 8.42 Å². The molecular weight excluding hydrogens is 186 g/mol. The Bertz CT molecular complexity index is 255. The summed E-state index contributed by atoms with van der Waals surface area (Å²) in [7, 11) is -2.78. The monoisotopic (exact) mass is 205 g/mol. The molecule has 0 aromatic heterocycles. The van der Waals surface area contributed by atoms with Crippen molar-refractivity contribution < 1.29 is 8.42 Å². The molecule has 1 aliphatic rings. The molecule has 3 nitrogen and oxygen atoms in total. The zero-order valence-corrected chi connectivity index (χ0v) is 9.28. The largest absolute Gasteiger partial charge is 0.316 e. The van der Waals surface area contributed by atoms with Crippen molar-refractivity contribution in [1.29, 1.82) is 0 Å². The van der Waals surface area contributed by atoms with Crippen molar-refractivity contribution in [1.82, 2.24) is 5.32 Å². The third kappa shape index (κ3) is 3.27. The van der Waals surface area contributed by atoms with Gasteiger partial charge in [0.1, 0.15) is 9.84 Å². The molecule has 1 saturated heterocycles. The summed E-state index contributed by atoms with van der Waals surface area (Å²) in [5, 5.41) is 3.23. The van der Waals surface area contributed by atoms with Crippen LogP contribution < -0.4 is 5.32 Å². The Kier molecular flexibility index (Phi) is 3.35. The normalized spacial score (nSPS) is 21.1. The average molecular weight is 205 g/mol. The quantitative estimate of drug-likeness (QED) is 0.722. The predicted octanol–water partition coefficient (Wildman–Crippen LogP) is 0.811. The van der Waals surface area contributed by atoms with Crippen LogP contribution in [0, 0.1) is 5.41 Å². The van der Waals surface area contributed by atoms with Crippen molar-refractivity contribution in [3.63, 3.8) is 0 Å². The van der Waals surface area contributed by atoms with Crippen LogP contribution >= 0.6 is 0 Å². The Morgan fingerprint density at radius 1 is 1.31 bits per heavy atom. The van der Waals surface area contributed by atoms with E-state index in [0.717, 1.165) is 32.4 Å². The summed E-state index contributed by atoms with van der Waals surface area (Å²) in [4.78, 5) is 0. The molecule has 1 fully saturated rings. The summed E-state index contributed by atoms with van der Waals surface area (Å²) in [6.45, 7) is 4.15. The molecule has 78 valence electrons. The van der Waals surface area contributed by atoms with E-state index in [-0.39, 0.29) is 5.41 Å². The molecule has 1 N–H and O–H groups in total. The first-order valence-electron chi connectivity index (χ1n) is 4.86. The van der Waals surface area contributed by atoms with E-state index in [1.807, 2.05) is 0 Å². The molecular formula is C9H19NO2S. The highest BCUT2D eigenvalue weighted by Gasteiger charge is 2.36. The SMILES string of the molecule is CCCC1(CCS(C)(=O)=O)CNC1. The number of nitrogens with one attached hydrogen (secondary N) is 1. The second kappa shape index (κ2) is 3.96. The van der Waals surface area contributed by atoms with Gasteiger partial charge < -0.3 is 5.32 Å². The van der Waals surface area contributed by atoms with Gasteiger partial charge in [0.25, 0.3) is 0 Å². The summed E-state index contributed by atoms with van der Waals surface area (Å²) in [6.07, 6.45) is 4.44. The summed E-state index contributed by atoms with van der Waals surface area (Å²) in [6, 6.07) is 0. The van der Waals surface area contributed by atoms with Crippen LogP contribution in [0.1, 0.15) is 26.2 Å². The Hall–Kier alpha value is -0.0900. The zero-order chi connectivity index (χ0) is 9.95. The van der Waals surface area contributed by atoms with Crippen LogP contribution in [0.5, 0.6) is 0 Å². The molecule has 0 unspecified atom stereocenters. The van der Waals surface area contributed by atoms with Crippen molar-refractivity contribution in [2.45, 2.75) is 26.2 Å². The maximum Gasteiger partial charge on any atom is 0.147 e. The molecule has 0 bridgehead atoms. The first-order chi connectivity index (χ1) is 5.97. The molecule has 0 saturated carbocycles. The highest BCUT2D eigenvalue weighted by Crippen LogP contribution is 2.32. The first-order valence-corrected chi connectivity index (χ1v) is 6.92. The zero-order valence-electron chi connectivity index (χ0n) is 8.47. The lowest BCUT2D eigenvalue weighted by Gasteiger charge is -2.42. The van der Waals surface area contributed by atoms with Gasteiger partial charge in [-0.1, -0.05) is 13.3 Å². The van der Waals surface area contributed by atoms with Gasteiger partial charge >= 0.3 is 0 Å². The van der Waals surface area contributed by atoms with Crippen LogP contribution in [0.3, 0.4) is 0 Å². The molecule has 1 rings (SSSR count). The van der Waals surface area contributed by atoms with Crippen molar-refractivity contribution in [2.75, 3.05) is 25.1 Å². The van der Waals surface area contributed by atoms with Gasteiger partial charge in [-0.05, 0) is 18.3 Å². The van der Waals surface area contributed by atoms with Gasteiger partial charge in [-0.2, -0.15) is 0 Å². The predicted molar refractivity (Wildman–Crippen MR) is 54.5 cm³/mol. The Morgan fingerprint density at radius 3 is 2.23 bits per heavy atom. The van der Waals surface area contributed by atoms with Gasteiger partial charge in [-0.15, -0.1) is 0 Å². The molecule has 0 atom stereocenters. The molecule has 0 aromatic rings. The van der Waals surface area contributed by atoms with Crippen molar-refractivity contribution in [3.8, 4) is 0 Å². The Morgan fingerprint density at radius 2 is 1.92 bits per heavy atom. The van der Waals surface area contributed by atoms with E-state index >= 15 is 0 Å². The van der Waals surface area contributed by atoms with Crippen LogP contribution in [-0.2, 0) is 9.84 Å². The van der Waals surface area contributed by atoms with Crippen LogP contribution in [0.25, 0.3) is 0 Å². The fraction of sp³-hybridized carbons (Fsp3) is 1.00. The molecule has 0 aromatic carbocycles. The van der Waals surface area contributed by atoms with Crippen LogP contribution in [0.15, 0.2) is 0 Å². The van der Waals surface area contributed by atoms with Crippen molar-refractivity contribution in [2.24, 2.45) is 5.41 Å². The third-order valence-corrected chi connectivity index (χ3v) is 3.73. The van der Waals surface area contributed by atoms with Crippen molar-refractivity contribution in [3.05, 3.63) is 0 Å². The van der Waals surface area contributed by atoms with E-state index in [2.05, 4.69) is 12.2 Å². The van der Waals surface area contributed by atoms with E-state index in [1.165, 1.54) is 6.26 Å². The highest BCUT2D eigenvalue weighted by molar-refractivity contribution is 7.90. The van der Waals surface area contributed by atoms with E-state index in [0.29, 0.717) is 5.75 Å². The van der Waals surface area contributed by atoms with E-state index < -0.39 is 9.84 Å². The topological polar surface area (TPSA) is 46.2 Å². The first kappa shape index (κ1) is 11.0. The fourth-order valence-electron chi connectivity index (χ4n) is 1.89. The maximum atomic E-state index is 11.0. The van der Waals surface area contributed by atoms with E-state index in [1.54, 1.807) is 0 Å². The van der Waals surface area contributed by atoms with Crippen molar-refractivity contribution >= 4 is 9.84 Å².